The van der Waals surface area contributed by atoms with E-state index in [2.05, 4.69) is 5.32 Å². The van der Waals surface area contributed by atoms with Gasteiger partial charge in [0.25, 0.3) is 5.92 Å². The normalized spacial score (nSPS) is 39.8. The molecule has 1 saturated heterocycles. The Kier molecular flexibility index (Phi) is 2.40. The van der Waals surface area contributed by atoms with Gasteiger partial charge in [0, 0.05) is 24.9 Å². The van der Waals surface area contributed by atoms with Gasteiger partial charge in [0.05, 0.1) is 0 Å². The zero-order valence-electron chi connectivity index (χ0n) is 6.15. The first-order valence-corrected chi connectivity index (χ1v) is 3.81. The number of rotatable bonds is 0. The van der Waals surface area contributed by atoms with Gasteiger partial charge in [0.1, 0.15) is 0 Å². The fraction of sp³-hybridized carbons (Fsp3) is 1.00. The van der Waals surface area contributed by atoms with Gasteiger partial charge < -0.3 is 5.32 Å². The van der Waals surface area contributed by atoms with Crippen LogP contribution in [0.3, 0.4) is 0 Å². The molecule has 1 aliphatic carbocycles. The van der Waals surface area contributed by atoms with E-state index in [9.17, 15) is 8.78 Å². The first-order chi connectivity index (χ1) is 4.70. The third kappa shape index (κ3) is 1.36. The van der Waals surface area contributed by atoms with Crippen molar-refractivity contribution in [2.45, 2.75) is 31.2 Å². The second kappa shape index (κ2) is 2.87. The van der Waals surface area contributed by atoms with E-state index in [4.69, 9.17) is 0 Å². The monoisotopic (exact) mass is 183 g/mol. The Hall–Kier alpha value is 0.110. The van der Waals surface area contributed by atoms with E-state index in [1.54, 1.807) is 0 Å². The summed E-state index contributed by atoms with van der Waals surface area (Å²) in [5, 5.41) is 3.09. The molecule has 1 N–H and O–H groups in total. The van der Waals surface area contributed by atoms with Crippen LogP contribution in [0.15, 0.2) is 0 Å². The molecule has 2 unspecified atom stereocenters. The van der Waals surface area contributed by atoms with Gasteiger partial charge >= 0.3 is 0 Å². The molecule has 2 fully saturated rings. The Labute approximate surface area is 71.0 Å². The van der Waals surface area contributed by atoms with Crippen LogP contribution in [-0.2, 0) is 0 Å². The van der Waals surface area contributed by atoms with Crippen LogP contribution in [0.2, 0.25) is 0 Å². The van der Waals surface area contributed by atoms with Crippen molar-refractivity contribution in [3.8, 4) is 0 Å². The average molecular weight is 184 g/mol. The number of halogens is 3. The first-order valence-electron chi connectivity index (χ1n) is 3.81. The summed E-state index contributed by atoms with van der Waals surface area (Å²) in [5.74, 6) is -2.71. The zero-order valence-corrected chi connectivity index (χ0v) is 6.96. The summed E-state index contributed by atoms with van der Waals surface area (Å²) >= 11 is 0. The van der Waals surface area contributed by atoms with Gasteiger partial charge in [-0.05, 0) is 12.8 Å². The van der Waals surface area contributed by atoms with Crippen molar-refractivity contribution < 1.29 is 8.78 Å². The van der Waals surface area contributed by atoms with E-state index < -0.39 is 5.92 Å². The molecule has 0 bridgehead atoms. The molecule has 1 saturated carbocycles. The third-order valence-electron chi connectivity index (χ3n) is 2.68. The second-order valence-corrected chi connectivity index (χ2v) is 3.26. The molecule has 0 aromatic rings. The molecule has 0 aromatic carbocycles. The van der Waals surface area contributed by atoms with Crippen LogP contribution >= 0.6 is 12.4 Å². The van der Waals surface area contributed by atoms with E-state index >= 15 is 0 Å². The number of alkyl halides is 2. The molecule has 2 rings (SSSR count). The standard InChI is InChI=1S/C7H11F2N.ClH/c8-7(9)3-4-10-6-2-1-5(6)7;/h5-6,10H,1-4H2;1H. The van der Waals surface area contributed by atoms with Crippen LogP contribution in [0.25, 0.3) is 0 Å². The lowest BCUT2D eigenvalue weighted by Gasteiger charge is -2.46. The van der Waals surface area contributed by atoms with E-state index in [-0.39, 0.29) is 30.8 Å². The molecule has 66 valence electrons. The fourth-order valence-electron chi connectivity index (χ4n) is 1.86. The highest BCUT2D eigenvalue weighted by Gasteiger charge is 2.51. The van der Waals surface area contributed by atoms with Crippen LogP contribution in [0, 0.1) is 5.92 Å². The third-order valence-corrected chi connectivity index (χ3v) is 2.68. The molecule has 0 aromatic heterocycles. The predicted molar refractivity (Wildman–Crippen MR) is 41.3 cm³/mol. The molecule has 11 heavy (non-hydrogen) atoms. The minimum atomic E-state index is -2.37. The van der Waals surface area contributed by atoms with Gasteiger partial charge in [0.2, 0.25) is 0 Å². The highest BCUT2D eigenvalue weighted by atomic mass is 35.5. The Morgan fingerprint density at radius 3 is 2.36 bits per heavy atom. The largest absolute Gasteiger partial charge is 0.313 e. The summed E-state index contributed by atoms with van der Waals surface area (Å²) < 4.78 is 25.7. The van der Waals surface area contributed by atoms with E-state index in [1.165, 1.54) is 0 Å². The van der Waals surface area contributed by atoms with Crippen molar-refractivity contribution in [2.75, 3.05) is 6.54 Å². The van der Waals surface area contributed by atoms with Gasteiger partial charge in [-0.2, -0.15) is 0 Å². The molecule has 0 radical (unpaired) electrons. The Balaban J connectivity index is 0.000000605. The first kappa shape index (κ1) is 9.20. The molecule has 2 atom stereocenters. The lowest BCUT2D eigenvalue weighted by molar-refractivity contribution is -0.127. The van der Waals surface area contributed by atoms with Crippen molar-refractivity contribution in [3.05, 3.63) is 0 Å². The highest BCUT2D eigenvalue weighted by molar-refractivity contribution is 5.85. The van der Waals surface area contributed by atoms with Gasteiger partial charge in [-0.3, -0.25) is 0 Å². The number of nitrogens with one attached hydrogen (secondary N) is 1. The molecule has 4 heteroatoms. The Morgan fingerprint density at radius 1 is 1.27 bits per heavy atom. The average Bonchev–Trinajstić information content (AvgIpc) is 1.73. The molecular weight excluding hydrogens is 172 g/mol. The summed E-state index contributed by atoms with van der Waals surface area (Å²) in [6.07, 6.45) is 1.69. The summed E-state index contributed by atoms with van der Waals surface area (Å²) in [5.41, 5.74) is 0. The fourth-order valence-corrected chi connectivity index (χ4v) is 1.86. The maximum absolute atomic E-state index is 12.9. The van der Waals surface area contributed by atoms with Crippen molar-refractivity contribution in [1.82, 2.24) is 5.32 Å². The van der Waals surface area contributed by atoms with Gasteiger partial charge in [-0.25, -0.2) is 8.78 Å². The number of hydrogen-bond acceptors (Lipinski definition) is 1. The summed E-state index contributed by atoms with van der Waals surface area (Å²) in [6, 6.07) is 0.128. The lowest BCUT2D eigenvalue weighted by Crippen LogP contribution is -2.57. The number of hydrogen-bond donors (Lipinski definition) is 1. The minimum Gasteiger partial charge on any atom is -0.313 e. The molecule has 2 aliphatic rings. The highest BCUT2D eigenvalue weighted by Crippen LogP contribution is 2.44. The van der Waals surface area contributed by atoms with Crippen molar-refractivity contribution in [3.63, 3.8) is 0 Å². The van der Waals surface area contributed by atoms with Gasteiger partial charge in [-0.1, -0.05) is 0 Å². The molecule has 1 heterocycles. The quantitative estimate of drug-likeness (QED) is 0.604. The summed E-state index contributed by atoms with van der Waals surface area (Å²) in [6.45, 7) is 0.494. The van der Waals surface area contributed by atoms with Gasteiger partial charge in [0.15, 0.2) is 0 Å². The van der Waals surface area contributed by atoms with Crippen LogP contribution in [-0.4, -0.2) is 18.5 Å². The lowest BCUT2D eigenvalue weighted by atomic mass is 9.72. The molecule has 0 spiro atoms. The summed E-state index contributed by atoms with van der Waals surface area (Å²) in [7, 11) is 0. The van der Waals surface area contributed by atoms with Crippen molar-refractivity contribution in [1.29, 1.82) is 0 Å². The van der Waals surface area contributed by atoms with Crippen molar-refractivity contribution >= 4 is 12.4 Å². The predicted octanol–water partition coefficient (Wildman–Crippen LogP) is 1.82. The van der Waals surface area contributed by atoms with E-state index in [1.807, 2.05) is 0 Å². The number of fused-ring (bicyclic) bond motifs is 1. The van der Waals surface area contributed by atoms with Crippen LogP contribution in [0.4, 0.5) is 8.78 Å². The molecule has 1 nitrogen and oxygen atoms in total. The maximum Gasteiger partial charge on any atom is 0.253 e. The molecule has 1 aliphatic heterocycles. The molecule has 0 amide bonds. The second-order valence-electron chi connectivity index (χ2n) is 3.26. The van der Waals surface area contributed by atoms with E-state index in [0.29, 0.717) is 13.0 Å². The van der Waals surface area contributed by atoms with Crippen LogP contribution in [0.1, 0.15) is 19.3 Å². The SMILES string of the molecule is Cl.FC1(F)CCNC2CCC21. The molecular formula is C7H12ClF2N. The zero-order chi connectivity index (χ0) is 7.19. The topological polar surface area (TPSA) is 12.0 Å². The maximum atomic E-state index is 12.9. The Morgan fingerprint density at radius 2 is 2.00 bits per heavy atom. The minimum absolute atomic E-state index is 0. The van der Waals surface area contributed by atoms with Gasteiger partial charge in [-0.15, -0.1) is 12.4 Å². The van der Waals surface area contributed by atoms with E-state index in [0.717, 1.165) is 6.42 Å². The number of piperidine rings is 1. The van der Waals surface area contributed by atoms with Crippen LogP contribution in [0.5, 0.6) is 0 Å². The van der Waals surface area contributed by atoms with Crippen molar-refractivity contribution in [2.24, 2.45) is 5.92 Å². The smallest absolute Gasteiger partial charge is 0.253 e. The van der Waals surface area contributed by atoms with Crippen LogP contribution < -0.4 is 5.32 Å². The Bertz CT molecular complexity index is 151. The summed E-state index contributed by atoms with van der Waals surface area (Å²) in [4.78, 5) is 0.